The Labute approximate surface area is 132 Å². The van der Waals surface area contributed by atoms with Gasteiger partial charge < -0.3 is 4.74 Å². The lowest BCUT2D eigenvalue weighted by Crippen LogP contribution is -2.29. The van der Waals surface area contributed by atoms with Crippen LogP contribution in [0.5, 0.6) is 0 Å². The lowest BCUT2D eigenvalue weighted by molar-refractivity contribution is 0.0599. The fraction of sp³-hybridized carbons (Fsp3) is 0.500. The second kappa shape index (κ2) is 6.12. The summed E-state index contributed by atoms with van der Waals surface area (Å²) in [7, 11) is 1.64. The summed E-state index contributed by atoms with van der Waals surface area (Å²) in [6, 6.07) is 3.81. The molecule has 20 heavy (non-hydrogen) atoms. The van der Waals surface area contributed by atoms with E-state index in [-0.39, 0.29) is 11.4 Å². The first kappa shape index (κ1) is 15.9. The van der Waals surface area contributed by atoms with E-state index in [1.807, 2.05) is 12.1 Å². The molecule has 2 rings (SSSR count). The first-order valence-electron chi connectivity index (χ1n) is 6.28. The molecule has 0 spiro atoms. The monoisotopic (exact) mass is 376 g/mol. The van der Waals surface area contributed by atoms with Crippen LogP contribution in [0.4, 0.5) is 0 Å². The smallest absolute Gasteiger partial charge is 0.338 e. The number of fused-ring (bicyclic) bond motifs is 1. The molecule has 1 aromatic rings. The molecular weight excluding hydrogens is 360 g/mol. The van der Waals surface area contributed by atoms with Crippen molar-refractivity contribution in [3.05, 3.63) is 28.8 Å². The van der Waals surface area contributed by atoms with Crippen LogP contribution in [0.1, 0.15) is 41.8 Å². The summed E-state index contributed by atoms with van der Waals surface area (Å²) >= 11 is 3.46. The largest absolute Gasteiger partial charge is 0.465 e. The predicted molar refractivity (Wildman–Crippen MR) is 86.7 cm³/mol. The first-order chi connectivity index (χ1) is 9.46. The molecule has 3 nitrogen and oxygen atoms in total. The van der Waals surface area contributed by atoms with Gasteiger partial charge in [-0.1, -0.05) is 45.3 Å². The van der Waals surface area contributed by atoms with Crippen molar-refractivity contribution in [3.63, 3.8) is 0 Å². The van der Waals surface area contributed by atoms with E-state index < -0.39 is 9.45 Å². The Balaban J connectivity index is 2.79. The van der Waals surface area contributed by atoms with Crippen LogP contribution < -0.4 is 0 Å². The highest BCUT2D eigenvalue weighted by atomic mass is 79.9. The molecule has 0 aromatic heterocycles. The Morgan fingerprint density at radius 1 is 1.50 bits per heavy atom. The normalized spacial score (nSPS) is 20.1. The third-order valence-corrected chi connectivity index (χ3v) is 7.47. The summed E-state index contributed by atoms with van der Waals surface area (Å²) in [5.41, 5.74) is 2.71. The van der Waals surface area contributed by atoms with Crippen LogP contribution in [0.2, 0.25) is 0 Å². The fourth-order valence-corrected chi connectivity index (χ4v) is 6.59. The van der Waals surface area contributed by atoms with Crippen molar-refractivity contribution < 1.29 is 13.7 Å². The van der Waals surface area contributed by atoms with Crippen LogP contribution in [0, 0.1) is 0 Å². The van der Waals surface area contributed by atoms with Crippen LogP contribution in [-0.4, -0.2) is 23.0 Å². The molecule has 110 valence electrons. The number of ether oxygens (including phenoxy) is 1. The molecule has 0 radical (unpaired) electrons. The van der Waals surface area contributed by atoms with E-state index in [9.17, 15) is 9.00 Å². The van der Waals surface area contributed by atoms with E-state index in [0.717, 1.165) is 22.6 Å². The summed E-state index contributed by atoms with van der Waals surface area (Å²) in [6.07, 6.45) is 0.998. The minimum atomic E-state index is -0.390. The molecular formula is C14H17BrO3S2. The number of methoxy groups -OCH3 is 1. The van der Waals surface area contributed by atoms with Crippen molar-refractivity contribution in [1.82, 2.24) is 0 Å². The van der Waals surface area contributed by atoms with Gasteiger partial charge in [0.05, 0.1) is 12.7 Å². The summed E-state index contributed by atoms with van der Waals surface area (Å²) in [5.74, 6) is 0.531. The number of rotatable bonds is 2. The van der Waals surface area contributed by atoms with E-state index >= 15 is 0 Å². The lowest BCUT2D eigenvalue weighted by Gasteiger charge is -2.34. The molecule has 1 unspecified atom stereocenters. The second-order valence-electron chi connectivity index (χ2n) is 5.35. The van der Waals surface area contributed by atoms with Gasteiger partial charge in [0.25, 0.3) is 0 Å². The molecule has 0 aliphatic carbocycles. The molecule has 0 fully saturated rings. The predicted octanol–water partition coefficient (Wildman–Crippen LogP) is 3.15. The Morgan fingerprint density at radius 3 is 2.75 bits per heavy atom. The van der Waals surface area contributed by atoms with Gasteiger partial charge in [-0.05, 0) is 29.0 Å². The van der Waals surface area contributed by atoms with Crippen molar-refractivity contribution in [3.8, 4) is 0 Å². The van der Waals surface area contributed by atoms with Gasteiger partial charge in [0.2, 0.25) is 0 Å². The Bertz CT molecular complexity index is 619. The average Bonchev–Trinajstić information content (AvgIpc) is 2.45. The molecule has 0 saturated heterocycles. The molecule has 0 bridgehead atoms. The Hall–Kier alpha value is -0.460. The van der Waals surface area contributed by atoms with E-state index in [0.29, 0.717) is 21.1 Å². The molecule has 1 atom stereocenters. The molecule has 1 aliphatic heterocycles. The highest BCUT2D eigenvalue weighted by molar-refractivity contribution is 9.08. The average molecular weight is 377 g/mol. The Morgan fingerprint density at radius 2 is 2.20 bits per heavy atom. The zero-order valence-corrected chi connectivity index (χ0v) is 14.9. The van der Waals surface area contributed by atoms with Gasteiger partial charge >= 0.3 is 5.97 Å². The number of carbonyl (C=O) groups excluding carboxylic acids is 1. The quantitative estimate of drug-likeness (QED) is 0.588. The van der Waals surface area contributed by atoms with Gasteiger partial charge in [-0.15, -0.1) is 0 Å². The van der Waals surface area contributed by atoms with Crippen LogP contribution in [-0.2, 0) is 35.2 Å². The lowest BCUT2D eigenvalue weighted by atomic mass is 9.80. The number of alkyl halides is 1. The minimum absolute atomic E-state index is 0.0418. The van der Waals surface area contributed by atoms with Crippen LogP contribution in [0.3, 0.4) is 0 Å². The first-order valence-corrected chi connectivity index (χ1v) is 10.1. The molecule has 0 amide bonds. The van der Waals surface area contributed by atoms with Gasteiger partial charge in [0, 0.05) is 16.0 Å². The van der Waals surface area contributed by atoms with Gasteiger partial charge in [0.15, 0.2) is 0 Å². The zero-order chi connectivity index (χ0) is 14.9. The van der Waals surface area contributed by atoms with Gasteiger partial charge in [-0.3, -0.25) is 0 Å². The molecule has 6 heteroatoms. The maximum atomic E-state index is 11.9. The SMILES string of the molecule is COC(=O)c1ccc2c(c1CBr)S(=S=O)CCC2(C)C. The van der Waals surface area contributed by atoms with E-state index in [1.165, 1.54) is 12.7 Å². The van der Waals surface area contributed by atoms with Crippen molar-refractivity contribution in [2.45, 2.75) is 35.9 Å². The maximum Gasteiger partial charge on any atom is 0.338 e. The summed E-state index contributed by atoms with van der Waals surface area (Å²) in [5, 5.41) is 0.556. The number of carbonyl (C=O) groups is 1. The zero-order valence-electron chi connectivity index (χ0n) is 11.7. The van der Waals surface area contributed by atoms with Gasteiger partial charge in [0.1, 0.15) is 10.2 Å². The minimum Gasteiger partial charge on any atom is -0.465 e. The van der Waals surface area contributed by atoms with Gasteiger partial charge in [-0.2, -0.15) is 0 Å². The number of esters is 1. The second-order valence-corrected chi connectivity index (χ2v) is 9.16. The molecule has 1 aromatic carbocycles. The standard InChI is InChI=1S/C14H17BrO3S2/c1-14(2)6-7-20(19-17)12-10(8-15)9(13(16)18-3)4-5-11(12)14/h4-5H,6-8H2,1-3H3. The van der Waals surface area contributed by atoms with Crippen LogP contribution in [0.25, 0.3) is 0 Å². The topological polar surface area (TPSA) is 43.4 Å². The summed E-state index contributed by atoms with van der Waals surface area (Å²) < 4.78 is 16.3. The summed E-state index contributed by atoms with van der Waals surface area (Å²) in [6.45, 7) is 4.38. The van der Waals surface area contributed by atoms with Gasteiger partial charge in [-0.25, -0.2) is 9.00 Å². The summed E-state index contributed by atoms with van der Waals surface area (Å²) in [4.78, 5) is 13.0. The number of halogens is 1. The highest BCUT2D eigenvalue weighted by Gasteiger charge is 2.33. The van der Waals surface area contributed by atoms with Crippen molar-refractivity contribution in [2.75, 3.05) is 12.9 Å². The number of hydrogen-bond acceptors (Lipinski definition) is 3. The van der Waals surface area contributed by atoms with Crippen molar-refractivity contribution in [2.24, 2.45) is 0 Å². The molecule has 0 saturated carbocycles. The number of hydrogen-bond donors (Lipinski definition) is 0. The molecule has 0 N–H and O–H groups in total. The highest BCUT2D eigenvalue weighted by Crippen LogP contribution is 2.40. The van der Waals surface area contributed by atoms with Crippen LogP contribution >= 0.6 is 15.9 Å². The van der Waals surface area contributed by atoms with Crippen molar-refractivity contribution in [1.29, 1.82) is 0 Å². The van der Waals surface area contributed by atoms with Crippen LogP contribution in [0.15, 0.2) is 17.0 Å². The molecule has 1 aliphatic rings. The fourth-order valence-electron chi connectivity index (χ4n) is 2.51. The Kier molecular flexibility index (Phi) is 4.87. The number of benzene rings is 1. The third-order valence-electron chi connectivity index (χ3n) is 3.75. The van der Waals surface area contributed by atoms with E-state index in [4.69, 9.17) is 4.74 Å². The molecule has 1 heterocycles. The van der Waals surface area contributed by atoms with E-state index in [2.05, 4.69) is 29.8 Å². The third kappa shape index (κ3) is 2.65. The van der Waals surface area contributed by atoms with E-state index in [1.54, 1.807) is 0 Å². The maximum absolute atomic E-state index is 11.9. The van der Waals surface area contributed by atoms with Crippen molar-refractivity contribution >= 4 is 41.6 Å².